The van der Waals surface area contributed by atoms with E-state index in [-0.39, 0.29) is 30.1 Å². The third-order valence-electron chi connectivity index (χ3n) is 4.06. The van der Waals surface area contributed by atoms with Crippen molar-refractivity contribution in [3.63, 3.8) is 0 Å². The zero-order valence-electron chi connectivity index (χ0n) is 17.0. The number of nitrogens with zero attached hydrogens (tertiary/aromatic N) is 4. The summed E-state index contributed by atoms with van der Waals surface area (Å²) in [7, 11) is 1.76. The van der Waals surface area contributed by atoms with Gasteiger partial charge in [-0.3, -0.25) is 9.98 Å². The first-order valence-corrected chi connectivity index (χ1v) is 9.44. The van der Waals surface area contributed by atoms with Crippen molar-refractivity contribution < 1.29 is 9.26 Å². The lowest BCUT2D eigenvalue weighted by molar-refractivity contribution is 0.0258. The van der Waals surface area contributed by atoms with Gasteiger partial charge in [0.25, 0.3) is 5.89 Å². The maximum absolute atomic E-state index is 5.76. The highest BCUT2D eigenvalue weighted by molar-refractivity contribution is 14.0. The van der Waals surface area contributed by atoms with Crippen LogP contribution in [0.2, 0.25) is 0 Å². The van der Waals surface area contributed by atoms with E-state index in [4.69, 9.17) is 9.26 Å². The van der Waals surface area contributed by atoms with Crippen LogP contribution in [0.25, 0.3) is 11.6 Å². The number of rotatable bonds is 10. The summed E-state index contributed by atoms with van der Waals surface area (Å²) in [6.45, 7) is 8.57. The van der Waals surface area contributed by atoms with Crippen molar-refractivity contribution in [2.75, 3.05) is 26.7 Å². The lowest BCUT2D eigenvalue weighted by atomic mass is 10.0. The molecule has 8 nitrogen and oxygen atoms in total. The van der Waals surface area contributed by atoms with E-state index < -0.39 is 0 Å². The predicted molar refractivity (Wildman–Crippen MR) is 121 cm³/mol. The smallest absolute Gasteiger partial charge is 0.276 e. The molecule has 0 amide bonds. The summed E-state index contributed by atoms with van der Waals surface area (Å²) in [5, 5.41) is 10.6. The monoisotopic (exact) mass is 502 g/mol. The maximum atomic E-state index is 5.76. The summed E-state index contributed by atoms with van der Waals surface area (Å²) >= 11 is 0. The summed E-state index contributed by atoms with van der Waals surface area (Å²) < 4.78 is 11.0. The van der Waals surface area contributed by atoms with Crippen LogP contribution in [0.5, 0.6) is 0 Å². The number of nitrogens with one attached hydrogen (secondary N) is 2. The Bertz CT molecular complexity index is 693. The second-order valence-corrected chi connectivity index (χ2v) is 6.43. The van der Waals surface area contributed by atoms with Crippen LogP contribution in [0.1, 0.15) is 33.0 Å². The molecule has 2 heterocycles. The van der Waals surface area contributed by atoms with E-state index in [1.807, 2.05) is 25.1 Å². The molecule has 0 saturated carbocycles. The molecule has 1 unspecified atom stereocenters. The van der Waals surface area contributed by atoms with Gasteiger partial charge in [-0.1, -0.05) is 25.1 Å². The maximum Gasteiger partial charge on any atom is 0.276 e. The predicted octanol–water partition coefficient (Wildman–Crippen LogP) is 2.91. The Morgan fingerprint density at radius 2 is 2.04 bits per heavy atom. The molecule has 2 aromatic rings. The van der Waals surface area contributed by atoms with Crippen molar-refractivity contribution in [3.05, 3.63) is 30.2 Å². The van der Waals surface area contributed by atoms with Gasteiger partial charge < -0.3 is 19.9 Å². The third kappa shape index (κ3) is 8.09. The van der Waals surface area contributed by atoms with Crippen LogP contribution in [0.3, 0.4) is 0 Å². The van der Waals surface area contributed by atoms with Crippen molar-refractivity contribution in [2.24, 2.45) is 10.9 Å². The number of ether oxygens (including phenoxy) is 1. The molecule has 156 valence electrons. The second kappa shape index (κ2) is 13.4. The summed E-state index contributed by atoms with van der Waals surface area (Å²) in [5.74, 6) is 2.31. The Morgan fingerprint density at radius 3 is 2.68 bits per heavy atom. The molecule has 1 atom stereocenters. The zero-order chi connectivity index (χ0) is 19.5. The average molecular weight is 502 g/mol. The fourth-order valence-corrected chi connectivity index (χ4v) is 2.62. The van der Waals surface area contributed by atoms with Gasteiger partial charge in [-0.25, -0.2) is 0 Å². The SMILES string of the molecule is CCOC(CCNC(=NC)NCCc1noc(-c2ccccn2)n1)C(C)C.I. The van der Waals surface area contributed by atoms with Gasteiger partial charge in [-0.2, -0.15) is 4.98 Å². The topological polar surface area (TPSA) is 97.5 Å². The van der Waals surface area contributed by atoms with E-state index >= 15 is 0 Å². The molecule has 0 fully saturated rings. The van der Waals surface area contributed by atoms with Gasteiger partial charge in [0.05, 0.1) is 6.10 Å². The normalized spacial score (nSPS) is 12.5. The molecule has 2 aromatic heterocycles. The molecule has 0 spiro atoms. The van der Waals surface area contributed by atoms with Crippen molar-refractivity contribution in [2.45, 2.75) is 39.7 Å². The average Bonchev–Trinajstić information content (AvgIpc) is 3.15. The van der Waals surface area contributed by atoms with Gasteiger partial charge in [0.2, 0.25) is 0 Å². The number of aliphatic imine (C=N–C) groups is 1. The molecule has 0 aliphatic rings. The van der Waals surface area contributed by atoms with Crippen LogP contribution < -0.4 is 10.6 Å². The molecule has 0 aliphatic carbocycles. The first-order chi connectivity index (χ1) is 13.1. The molecule has 0 aromatic carbocycles. The van der Waals surface area contributed by atoms with Crippen molar-refractivity contribution in [1.29, 1.82) is 0 Å². The van der Waals surface area contributed by atoms with Crippen LogP contribution in [0, 0.1) is 5.92 Å². The number of halogens is 1. The number of hydrogen-bond acceptors (Lipinski definition) is 6. The minimum atomic E-state index is 0. The van der Waals surface area contributed by atoms with Gasteiger partial charge in [0.15, 0.2) is 11.8 Å². The molecular weight excluding hydrogens is 471 g/mol. The van der Waals surface area contributed by atoms with Gasteiger partial charge in [-0.15, -0.1) is 24.0 Å². The van der Waals surface area contributed by atoms with Crippen LogP contribution >= 0.6 is 24.0 Å². The number of guanidine groups is 1. The minimum Gasteiger partial charge on any atom is -0.378 e. The number of pyridine rings is 1. The van der Waals surface area contributed by atoms with E-state index in [2.05, 4.69) is 44.6 Å². The Balaban J connectivity index is 0.00000392. The molecule has 0 radical (unpaired) electrons. The Labute approximate surface area is 184 Å². The number of aromatic nitrogens is 3. The Morgan fingerprint density at radius 1 is 1.25 bits per heavy atom. The van der Waals surface area contributed by atoms with E-state index in [1.54, 1.807) is 13.2 Å². The lowest BCUT2D eigenvalue weighted by Gasteiger charge is -2.21. The molecule has 0 saturated heterocycles. The van der Waals surface area contributed by atoms with E-state index in [9.17, 15) is 0 Å². The number of hydrogen-bond donors (Lipinski definition) is 2. The quantitative estimate of drug-likeness (QED) is 0.293. The molecular formula is C19H31IN6O2. The Hall–Kier alpha value is -1.75. The van der Waals surface area contributed by atoms with E-state index in [0.717, 1.165) is 25.5 Å². The standard InChI is InChI=1S/C19H30N6O2.HI/c1-5-26-16(14(2)3)9-12-22-19(20-4)23-13-10-17-24-18(27-25-17)15-8-6-7-11-21-15;/h6-8,11,14,16H,5,9-10,12-13H2,1-4H3,(H2,20,22,23);1H. The molecule has 2 rings (SSSR count). The lowest BCUT2D eigenvalue weighted by Crippen LogP contribution is -2.40. The fraction of sp³-hybridized carbons (Fsp3) is 0.579. The largest absolute Gasteiger partial charge is 0.378 e. The molecule has 9 heteroatoms. The molecule has 2 N–H and O–H groups in total. The minimum absolute atomic E-state index is 0. The molecule has 0 bridgehead atoms. The fourth-order valence-electron chi connectivity index (χ4n) is 2.62. The summed E-state index contributed by atoms with van der Waals surface area (Å²) in [4.78, 5) is 12.8. The highest BCUT2D eigenvalue weighted by Crippen LogP contribution is 2.13. The first-order valence-electron chi connectivity index (χ1n) is 9.44. The second-order valence-electron chi connectivity index (χ2n) is 6.43. The molecule has 28 heavy (non-hydrogen) atoms. The van der Waals surface area contributed by atoms with Gasteiger partial charge >= 0.3 is 0 Å². The van der Waals surface area contributed by atoms with Crippen LogP contribution in [0.4, 0.5) is 0 Å². The van der Waals surface area contributed by atoms with Gasteiger partial charge in [0, 0.05) is 39.4 Å². The van der Waals surface area contributed by atoms with E-state index in [1.165, 1.54) is 0 Å². The summed E-state index contributed by atoms with van der Waals surface area (Å²) in [5.41, 5.74) is 0.677. The highest BCUT2D eigenvalue weighted by atomic mass is 127. The van der Waals surface area contributed by atoms with E-state index in [0.29, 0.717) is 36.3 Å². The summed E-state index contributed by atoms with van der Waals surface area (Å²) in [6.07, 6.45) is 3.52. The van der Waals surface area contributed by atoms with Gasteiger partial charge in [-0.05, 0) is 31.4 Å². The molecule has 0 aliphatic heterocycles. The zero-order valence-corrected chi connectivity index (χ0v) is 19.3. The Kier molecular flexibility index (Phi) is 11.7. The van der Waals surface area contributed by atoms with Crippen LogP contribution in [-0.2, 0) is 11.2 Å². The first kappa shape index (κ1) is 24.3. The van der Waals surface area contributed by atoms with Crippen molar-refractivity contribution in [1.82, 2.24) is 25.8 Å². The third-order valence-corrected chi connectivity index (χ3v) is 4.06. The van der Waals surface area contributed by atoms with Gasteiger partial charge in [0.1, 0.15) is 5.69 Å². The van der Waals surface area contributed by atoms with Crippen molar-refractivity contribution >= 4 is 29.9 Å². The summed E-state index contributed by atoms with van der Waals surface area (Å²) in [6, 6.07) is 5.58. The van der Waals surface area contributed by atoms with Crippen LogP contribution in [-0.4, -0.2) is 53.9 Å². The van der Waals surface area contributed by atoms with Crippen LogP contribution in [0.15, 0.2) is 33.9 Å². The van der Waals surface area contributed by atoms with Crippen molar-refractivity contribution in [3.8, 4) is 11.6 Å². The highest BCUT2D eigenvalue weighted by Gasteiger charge is 2.13.